The van der Waals surface area contributed by atoms with E-state index < -0.39 is 12.3 Å². The molecule has 204 valence electrons. The van der Waals surface area contributed by atoms with Gasteiger partial charge in [-0.2, -0.15) is 18.3 Å². The van der Waals surface area contributed by atoms with Crippen molar-refractivity contribution < 1.29 is 22.7 Å². The van der Waals surface area contributed by atoms with Crippen LogP contribution in [0.1, 0.15) is 17.3 Å². The number of ether oxygens (including phenoxy) is 1. The van der Waals surface area contributed by atoms with Gasteiger partial charge in [-0.3, -0.25) is 9.89 Å². The molecule has 1 unspecified atom stereocenters. The van der Waals surface area contributed by atoms with Gasteiger partial charge in [-0.05, 0) is 54.4 Å². The molecule has 8 nitrogen and oxygen atoms in total. The Kier molecular flexibility index (Phi) is 6.98. The Labute approximate surface area is 223 Å². The van der Waals surface area contributed by atoms with Crippen molar-refractivity contribution in [2.75, 3.05) is 48.8 Å². The third kappa shape index (κ3) is 5.29. The lowest BCUT2D eigenvalue weighted by molar-refractivity contribution is -0.188. The van der Waals surface area contributed by atoms with Crippen LogP contribution in [-0.4, -0.2) is 61.6 Å². The van der Waals surface area contributed by atoms with Crippen LogP contribution in [0.4, 0.5) is 30.4 Å². The fourth-order valence-corrected chi connectivity index (χ4v) is 4.80. The van der Waals surface area contributed by atoms with Crippen molar-refractivity contribution in [1.29, 1.82) is 0 Å². The topological polar surface area (TPSA) is 99.5 Å². The highest BCUT2D eigenvalue weighted by atomic mass is 19.4. The van der Waals surface area contributed by atoms with E-state index in [1.54, 1.807) is 25.2 Å². The molecular weight excluding hydrogens is 509 g/mol. The molecule has 0 radical (unpaired) electrons. The minimum absolute atomic E-state index is 0.0213. The summed E-state index contributed by atoms with van der Waals surface area (Å²) < 4.78 is 45.2. The summed E-state index contributed by atoms with van der Waals surface area (Å²) in [5, 5.41) is 9.71. The van der Waals surface area contributed by atoms with E-state index in [9.17, 15) is 18.0 Å². The van der Waals surface area contributed by atoms with E-state index in [0.717, 1.165) is 31.4 Å². The number of piperazine rings is 1. The molecule has 11 heteroatoms. The van der Waals surface area contributed by atoms with Gasteiger partial charge in [-0.15, -0.1) is 0 Å². The Morgan fingerprint density at radius 2 is 1.72 bits per heavy atom. The van der Waals surface area contributed by atoms with Crippen molar-refractivity contribution in [3.8, 4) is 16.9 Å². The number of aromatic amines is 1. The minimum atomic E-state index is -4.55. The first-order chi connectivity index (χ1) is 18.7. The number of alkyl halides is 3. The van der Waals surface area contributed by atoms with Crippen molar-refractivity contribution in [2.45, 2.75) is 19.2 Å². The minimum Gasteiger partial charge on any atom is -0.480 e. The highest BCUT2D eigenvalue weighted by Gasteiger charge is 2.38. The first kappa shape index (κ1) is 26.2. The molecule has 1 aliphatic rings. The summed E-state index contributed by atoms with van der Waals surface area (Å²) in [7, 11) is 1.58. The maximum Gasteiger partial charge on any atom is 0.425 e. The number of amides is 1. The lowest BCUT2D eigenvalue weighted by Crippen LogP contribution is -2.47. The van der Waals surface area contributed by atoms with Crippen LogP contribution in [0.15, 0.2) is 60.7 Å². The van der Waals surface area contributed by atoms with Crippen molar-refractivity contribution in [2.24, 2.45) is 0 Å². The average molecular weight is 539 g/mol. The number of rotatable bonds is 6. The number of nitrogens with zero attached hydrogens (tertiary/aromatic N) is 3. The smallest absolute Gasteiger partial charge is 0.425 e. The molecule has 1 atom stereocenters. The number of H-pyrrole nitrogens is 1. The lowest BCUT2D eigenvalue weighted by Gasteiger charge is -2.38. The van der Waals surface area contributed by atoms with E-state index in [0.29, 0.717) is 35.3 Å². The van der Waals surface area contributed by atoms with Gasteiger partial charge in [0, 0.05) is 38.9 Å². The molecule has 1 aromatic heterocycles. The summed E-state index contributed by atoms with van der Waals surface area (Å²) in [6.07, 6.45) is -6.59. The molecule has 39 heavy (non-hydrogen) atoms. The first-order valence-corrected chi connectivity index (χ1v) is 12.6. The van der Waals surface area contributed by atoms with E-state index in [-0.39, 0.29) is 22.9 Å². The van der Waals surface area contributed by atoms with Gasteiger partial charge in [0.2, 0.25) is 0 Å². The standard InChI is InChI=1S/C28H29F3N6O2/c1-17(28(29,30)31)39-24-16-19(14-22-25(24)26(32)35-34-22)18-8-9-21(27(38)33-2)23(15-18)37-12-10-36(11-13-37)20-6-4-3-5-7-20/h3-9,14-17H,10-13H2,1-2H3,(H,33,38)(H3,32,34,35). The van der Waals surface area contributed by atoms with Crippen molar-refractivity contribution in [3.05, 3.63) is 66.2 Å². The molecule has 0 bridgehead atoms. The van der Waals surface area contributed by atoms with Crippen LogP contribution >= 0.6 is 0 Å². The number of anilines is 3. The second kappa shape index (κ2) is 10.4. The molecule has 1 fully saturated rings. The third-order valence-corrected chi connectivity index (χ3v) is 6.96. The number of nitrogen functional groups attached to an aromatic ring is 1. The van der Waals surface area contributed by atoms with Crippen LogP contribution in [0.2, 0.25) is 0 Å². The third-order valence-electron chi connectivity index (χ3n) is 6.96. The number of hydrogen-bond donors (Lipinski definition) is 3. The number of carbonyl (C=O) groups is 1. The number of benzene rings is 3. The van der Waals surface area contributed by atoms with Crippen LogP contribution in [0, 0.1) is 0 Å². The van der Waals surface area contributed by atoms with E-state index in [1.165, 1.54) is 6.07 Å². The fourth-order valence-electron chi connectivity index (χ4n) is 4.80. The fraction of sp³-hybridized carbons (Fsp3) is 0.286. The molecule has 2 heterocycles. The molecule has 0 saturated carbocycles. The van der Waals surface area contributed by atoms with Gasteiger partial charge in [0.1, 0.15) is 5.75 Å². The molecule has 1 aliphatic heterocycles. The molecule has 4 aromatic rings. The number of para-hydroxylation sites is 1. The Morgan fingerprint density at radius 3 is 2.38 bits per heavy atom. The van der Waals surface area contributed by atoms with Crippen molar-refractivity contribution in [3.63, 3.8) is 0 Å². The molecule has 1 amide bonds. The Bertz CT molecular complexity index is 1480. The van der Waals surface area contributed by atoms with Gasteiger partial charge in [0.15, 0.2) is 11.9 Å². The predicted octanol–water partition coefficient (Wildman–Crippen LogP) is 4.83. The van der Waals surface area contributed by atoms with Gasteiger partial charge < -0.3 is 25.6 Å². The van der Waals surface area contributed by atoms with Gasteiger partial charge >= 0.3 is 6.18 Å². The largest absolute Gasteiger partial charge is 0.480 e. The lowest BCUT2D eigenvalue weighted by atomic mass is 9.99. The van der Waals surface area contributed by atoms with Crippen LogP contribution < -0.4 is 25.6 Å². The zero-order valence-corrected chi connectivity index (χ0v) is 21.5. The normalized spacial score (nSPS) is 14.9. The van der Waals surface area contributed by atoms with E-state index >= 15 is 0 Å². The summed E-state index contributed by atoms with van der Waals surface area (Å²) in [5.41, 5.74) is 10.1. The second-order valence-electron chi connectivity index (χ2n) is 9.43. The molecule has 0 aliphatic carbocycles. The van der Waals surface area contributed by atoms with Crippen LogP contribution in [-0.2, 0) is 0 Å². The predicted molar refractivity (Wildman–Crippen MR) is 146 cm³/mol. The summed E-state index contributed by atoms with van der Waals surface area (Å²) in [6, 6.07) is 18.8. The van der Waals surface area contributed by atoms with Crippen LogP contribution in [0.3, 0.4) is 0 Å². The van der Waals surface area contributed by atoms with Crippen LogP contribution in [0.25, 0.3) is 22.0 Å². The molecule has 5 rings (SSSR count). The number of hydrogen-bond acceptors (Lipinski definition) is 6. The van der Waals surface area contributed by atoms with Crippen molar-refractivity contribution >= 4 is 34.0 Å². The molecular formula is C28H29F3N6O2. The monoisotopic (exact) mass is 538 g/mol. The van der Waals surface area contributed by atoms with Crippen LogP contribution in [0.5, 0.6) is 5.75 Å². The summed E-state index contributed by atoms with van der Waals surface area (Å²) in [6.45, 7) is 3.87. The van der Waals surface area contributed by atoms with E-state index in [1.807, 2.05) is 24.3 Å². The van der Waals surface area contributed by atoms with Crippen molar-refractivity contribution in [1.82, 2.24) is 15.5 Å². The van der Waals surface area contributed by atoms with Gasteiger partial charge in [0.05, 0.1) is 22.2 Å². The average Bonchev–Trinajstić information content (AvgIpc) is 3.33. The number of fused-ring (bicyclic) bond motifs is 1. The molecule has 1 saturated heterocycles. The highest BCUT2D eigenvalue weighted by molar-refractivity contribution is 6.01. The summed E-state index contributed by atoms with van der Waals surface area (Å²) in [5.74, 6) is -0.193. The molecule has 3 aromatic carbocycles. The Morgan fingerprint density at radius 1 is 1.03 bits per heavy atom. The second-order valence-corrected chi connectivity index (χ2v) is 9.43. The molecule has 4 N–H and O–H groups in total. The maximum atomic E-state index is 13.3. The zero-order chi connectivity index (χ0) is 27.7. The zero-order valence-electron chi connectivity index (χ0n) is 21.5. The van der Waals surface area contributed by atoms with E-state index in [4.69, 9.17) is 10.5 Å². The van der Waals surface area contributed by atoms with Gasteiger partial charge in [-0.1, -0.05) is 24.3 Å². The summed E-state index contributed by atoms with van der Waals surface area (Å²) in [4.78, 5) is 17.2. The maximum absolute atomic E-state index is 13.3. The van der Waals surface area contributed by atoms with E-state index in [2.05, 4.69) is 37.4 Å². The number of aromatic nitrogens is 2. The highest BCUT2D eigenvalue weighted by Crippen LogP contribution is 2.38. The molecule has 0 spiro atoms. The van der Waals surface area contributed by atoms with Gasteiger partial charge in [-0.25, -0.2) is 0 Å². The Balaban J connectivity index is 1.51. The SMILES string of the molecule is CNC(=O)c1ccc(-c2cc(OC(C)C(F)(F)F)c3c(N)n[nH]c3c2)cc1N1CCN(c2ccccc2)CC1. The quantitative estimate of drug-likeness (QED) is 0.325. The number of carbonyl (C=O) groups excluding carboxylic acids is 1. The first-order valence-electron chi connectivity index (χ1n) is 12.6. The Hall–Kier alpha value is -4.41. The summed E-state index contributed by atoms with van der Waals surface area (Å²) >= 11 is 0. The number of nitrogens with two attached hydrogens (primary N) is 1. The number of nitrogens with one attached hydrogen (secondary N) is 2. The van der Waals surface area contributed by atoms with Gasteiger partial charge in [0.25, 0.3) is 5.91 Å². The number of halogens is 3.